The third-order valence-electron chi connectivity index (χ3n) is 5.04. The zero-order valence-electron chi connectivity index (χ0n) is 17.3. The summed E-state index contributed by atoms with van der Waals surface area (Å²) in [4.78, 5) is 12.5. The number of aliphatic hydroxyl groups excluding tert-OH is 1. The van der Waals surface area contributed by atoms with Crippen LogP contribution in [-0.2, 0) is 28.5 Å². The Morgan fingerprint density at radius 2 is 1.96 bits per heavy atom. The maximum Gasteiger partial charge on any atom is 0.311 e. The minimum absolute atomic E-state index is 0.00421. The number of aliphatic hydroxyl groups is 2. The third-order valence-corrected chi connectivity index (χ3v) is 5.04. The molecule has 0 spiro atoms. The molecule has 1 fully saturated rings. The van der Waals surface area contributed by atoms with E-state index in [-0.39, 0.29) is 50.7 Å². The van der Waals surface area contributed by atoms with Crippen LogP contribution in [0.4, 0.5) is 0 Å². The van der Waals surface area contributed by atoms with Crippen molar-refractivity contribution in [1.82, 2.24) is 0 Å². The Hall–Kier alpha value is -1.19. The molecule has 1 rings (SSSR count). The molecular formula is C20H36O8. The van der Waals surface area contributed by atoms with E-state index in [9.17, 15) is 4.79 Å². The van der Waals surface area contributed by atoms with Crippen molar-refractivity contribution < 1.29 is 38.7 Å². The van der Waals surface area contributed by atoms with Crippen LogP contribution >= 0.6 is 0 Å². The number of hydrogen-bond acceptors (Lipinski definition) is 8. The van der Waals surface area contributed by atoms with Crippen molar-refractivity contribution in [3.63, 3.8) is 0 Å². The molecular weight excluding hydrogens is 368 g/mol. The Labute approximate surface area is 167 Å². The number of hydrogen-bond donors (Lipinski definition) is 2. The Morgan fingerprint density at radius 1 is 1.21 bits per heavy atom. The fourth-order valence-electron chi connectivity index (χ4n) is 2.78. The number of esters is 1. The summed E-state index contributed by atoms with van der Waals surface area (Å²) in [6, 6.07) is 0. The molecule has 0 aromatic rings. The van der Waals surface area contributed by atoms with Gasteiger partial charge in [-0.2, -0.15) is 0 Å². The normalized spacial score (nSPS) is 22.9. The van der Waals surface area contributed by atoms with Crippen molar-refractivity contribution in [3.8, 4) is 0 Å². The van der Waals surface area contributed by atoms with E-state index in [0.29, 0.717) is 25.9 Å². The molecule has 1 aliphatic rings. The van der Waals surface area contributed by atoms with Crippen LogP contribution in [0.3, 0.4) is 0 Å². The molecule has 1 saturated carbocycles. The molecule has 0 aliphatic heterocycles. The van der Waals surface area contributed by atoms with Gasteiger partial charge >= 0.3 is 5.97 Å². The molecule has 2 N–H and O–H groups in total. The molecule has 28 heavy (non-hydrogen) atoms. The van der Waals surface area contributed by atoms with Gasteiger partial charge in [0.1, 0.15) is 12.9 Å². The van der Waals surface area contributed by atoms with E-state index in [1.807, 2.05) is 20.8 Å². The Balaban J connectivity index is 2.56. The van der Waals surface area contributed by atoms with E-state index >= 15 is 0 Å². The quantitative estimate of drug-likeness (QED) is 0.197. The number of carbonyl (C=O) groups excluding carboxylic acids is 1. The lowest BCUT2D eigenvalue weighted by atomic mass is 9.85. The fourth-order valence-corrected chi connectivity index (χ4v) is 2.78. The molecule has 3 atom stereocenters. The molecule has 8 heteroatoms. The maximum atomic E-state index is 12.5. The first-order valence-electron chi connectivity index (χ1n) is 9.87. The first kappa shape index (κ1) is 24.8. The Morgan fingerprint density at radius 3 is 2.61 bits per heavy atom. The molecule has 0 heterocycles. The van der Waals surface area contributed by atoms with Crippen LogP contribution in [0.1, 0.15) is 52.9 Å². The molecule has 8 nitrogen and oxygen atoms in total. The second-order valence-electron chi connectivity index (χ2n) is 7.68. The minimum Gasteiger partial charge on any atom is -0.476 e. The first-order valence-corrected chi connectivity index (χ1v) is 9.87. The highest BCUT2D eigenvalue weighted by atomic mass is 16.7. The third kappa shape index (κ3) is 9.34. The van der Waals surface area contributed by atoms with Crippen molar-refractivity contribution in [3.05, 3.63) is 12.8 Å². The highest BCUT2D eigenvalue weighted by Gasteiger charge is 2.37. The second kappa shape index (κ2) is 13.1. The zero-order chi connectivity index (χ0) is 21.0. The lowest BCUT2D eigenvalue weighted by molar-refractivity contribution is -0.187. The summed E-state index contributed by atoms with van der Waals surface area (Å²) in [6.07, 6.45) is 2.29. The van der Waals surface area contributed by atoms with Crippen LogP contribution < -0.4 is 0 Å². The molecule has 0 radical (unpaired) electrons. The monoisotopic (exact) mass is 404 g/mol. The van der Waals surface area contributed by atoms with Gasteiger partial charge in [-0.1, -0.05) is 13.5 Å². The largest absolute Gasteiger partial charge is 0.476 e. The van der Waals surface area contributed by atoms with Gasteiger partial charge in [0.2, 0.25) is 0 Å². The van der Waals surface area contributed by atoms with Crippen LogP contribution in [0, 0.1) is 11.3 Å². The summed E-state index contributed by atoms with van der Waals surface area (Å²) in [6.45, 7) is 10.00. The molecule has 0 bridgehead atoms. The Kier molecular flexibility index (Phi) is 11.6. The van der Waals surface area contributed by atoms with E-state index in [1.54, 1.807) is 0 Å². The average molecular weight is 405 g/mol. The van der Waals surface area contributed by atoms with Crippen LogP contribution in [-0.4, -0.2) is 61.5 Å². The van der Waals surface area contributed by atoms with Gasteiger partial charge in [-0.25, -0.2) is 0 Å². The predicted octanol–water partition coefficient (Wildman–Crippen LogP) is 2.33. The zero-order valence-corrected chi connectivity index (χ0v) is 17.3. The highest BCUT2D eigenvalue weighted by Crippen LogP contribution is 2.31. The highest BCUT2D eigenvalue weighted by molar-refractivity contribution is 5.76. The molecule has 0 saturated heterocycles. The molecule has 1 aliphatic carbocycles. The number of ether oxygens (including phenoxy) is 5. The van der Waals surface area contributed by atoms with Gasteiger partial charge in [0.05, 0.1) is 31.0 Å². The maximum absolute atomic E-state index is 12.5. The number of rotatable bonds is 14. The van der Waals surface area contributed by atoms with Gasteiger partial charge in [-0.15, -0.1) is 0 Å². The summed E-state index contributed by atoms with van der Waals surface area (Å²) in [5.74, 6) is 0.0267. The van der Waals surface area contributed by atoms with Gasteiger partial charge in [0, 0.05) is 6.42 Å². The standard InChI is InChI=1S/C20H36O8/c1-5-20(3,4)19(23)28-16-8-7-15(12-26-13-24-6-2)11-17(16)27-14-25-10-9-18(21)22/h6,15-18,21-22H,2,5,7-14H2,1,3-4H3. The smallest absolute Gasteiger partial charge is 0.311 e. The summed E-state index contributed by atoms with van der Waals surface area (Å²) in [5, 5.41) is 17.7. The van der Waals surface area contributed by atoms with Crippen molar-refractivity contribution in [2.75, 3.05) is 26.8 Å². The molecule has 0 amide bonds. The molecule has 164 valence electrons. The molecule has 0 aromatic carbocycles. The van der Waals surface area contributed by atoms with Crippen LogP contribution in [0.5, 0.6) is 0 Å². The van der Waals surface area contributed by atoms with E-state index in [4.69, 9.17) is 33.9 Å². The Bertz CT molecular complexity index is 451. The molecule has 3 unspecified atom stereocenters. The average Bonchev–Trinajstić information content (AvgIpc) is 2.66. The van der Waals surface area contributed by atoms with E-state index in [0.717, 1.165) is 6.42 Å². The fraction of sp³-hybridized carbons (Fsp3) is 0.850. The van der Waals surface area contributed by atoms with E-state index < -0.39 is 11.7 Å². The van der Waals surface area contributed by atoms with E-state index in [1.165, 1.54) is 6.26 Å². The van der Waals surface area contributed by atoms with Gasteiger partial charge in [-0.3, -0.25) is 4.79 Å². The van der Waals surface area contributed by atoms with Crippen LogP contribution in [0.25, 0.3) is 0 Å². The van der Waals surface area contributed by atoms with Gasteiger partial charge in [0.25, 0.3) is 0 Å². The summed E-state index contributed by atoms with van der Waals surface area (Å²) >= 11 is 0. The summed E-state index contributed by atoms with van der Waals surface area (Å²) in [5.41, 5.74) is -0.541. The lowest BCUT2D eigenvalue weighted by Crippen LogP contribution is -2.43. The van der Waals surface area contributed by atoms with Crippen LogP contribution in [0.15, 0.2) is 12.8 Å². The first-order chi connectivity index (χ1) is 13.3. The van der Waals surface area contributed by atoms with Gasteiger partial charge < -0.3 is 33.9 Å². The van der Waals surface area contributed by atoms with Crippen molar-refractivity contribution in [2.45, 2.75) is 71.4 Å². The second-order valence-corrected chi connectivity index (χ2v) is 7.68. The van der Waals surface area contributed by atoms with E-state index in [2.05, 4.69) is 6.58 Å². The topological polar surface area (TPSA) is 104 Å². The van der Waals surface area contributed by atoms with Crippen molar-refractivity contribution in [2.24, 2.45) is 11.3 Å². The minimum atomic E-state index is -1.40. The van der Waals surface area contributed by atoms with Crippen molar-refractivity contribution >= 4 is 5.97 Å². The molecule has 0 aromatic heterocycles. The lowest BCUT2D eigenvalue weighted by Gasteiger charge is -2.36. The van der Waals surface area contributed by atoms with Gasteiger partial charge in [0.15, 0.2) is 13.1 Å². The van der Waals surface area contributed by atoms with Gasteiger partial charge in [-0.05, 0) is 45.4 Å². The predicted molar refractivity (Wildman–Crippen MR) is 102 cm³/mol. The summed E-state index contributed by atoms with van der Waals surface area (Å²) in [7, 11) is 0. The van der Waals surface area contributed by atoms with Crippen LogP contribution in [0.2, 0.25) is 0 Å². The summed E-state index contributed by atoms with van der Waals surface area (Å²) < 4.78 is 27.3. The van der Waals surface area contributed by atoms with Crippen molar-refractivity contribution in [1.29, 1.82) is 0 Å². The number of carbonyl (C=O) groups is 1. The SMILES string of the molecule is C=COCOCC1CCC(OC(=O)C(C)(C)CC)C(OCOCCC(O)O)C1.